The summed E-state index contributed by atoms with van der Waals surface area (Å²) in [6.45, 7) is 3.32. The first-order chi connectivity index (χ1) is 9.43. The molecule has 7 heteroatoms. The molecule has 20 heavy (non-hydrogen) atoms. The lowest BCUT2D eigenvalue weighted by atomic mass is 10.2. The second-order valence-electron chi connectivity index (χ2n) is 4.48. The number of hydrogen-bond acceptors (Lipinski definition) is 5. The van der Waals surface area contributed by atoms with E-state index in [0.717, 1.165) is 5.56 Å². The molecular weight excluding hydrogens is 262 g/mol. The average molecular weight is 277 g/mol. The molecule has 7 nitrogen and oxygen atoms in total. The van der Waals surface area contributed by atoms with E-state index in [1.165, 1.54) is 10.7 Å². The van der Waals surface area contributed by atoms with Crippen molar-refractivity contribution in [3.05, 3.63) is 45.1 Å². The van der Waals surface area contributed by atoms with Crippen molar-refractivity contribution in [3.63, 3.8) is 0 Å². The number of ether oxygens (including phenoxy) is 1. The summed E-state index contributed by atoms with van der Waals surface area (Å²) in [4.78, 5) is 10.5. The number of nitro groups is 1. The molecule has 2 rings (SSSR count). The molecule has 1 aromatic carbocycles. The molecule has 1 N–H and O–H groups in total. The Morgan fingerprint density at radius 2 is 2.15 bits per heavy atom. The fourth-order valence-electron chi connectivity index (χ4n) is 1.95. The molecule has 0 saturated carbocycles. The van der Waals surface area contributed by atoms with Gasteiger partial charge in [0.25, 0.3) is 0 Å². The van der Waals surface area contributed by atoms with Gasteiger partial charge in [0.1, 0.15) is 0 Å². The number of nitro benzene ring substituents is 1. The maximum Gasteiger partial charge on any atom is 0.311 e. The normalized spacial score (nSPS) is 10.6. The number of benzene rings is 1. The summed E-state index contributed by atoms with van der Waals surface area (Å²) in [5.74, 6) is 0.436. The van der Waals surface area contributed by atoms with Crippen LogP contribution in [0.25, 0.3) is 0 Å². The fourth-order valence-corrected chi connectivity index (χ4v) is 1.95. The SMILES string of the molecule is Cc1ccc([N+](=O)[O-])c(Oc2c(CO)c(C)nn2C)c1. The highest BCUT2D eigenvalue weighted by atomic mass is 16.6. The summed E-state index contributed by atoms with van der Waals surface area (Å²) in [7, 11) is 1.66. The van der Waals surface area contributed by atoms with Crippen molar-refractivity contribution in [1.29, 1.82) is 0 Å². The van der Waals surface area contributed by atoms with E-state index in [4.69, 9.17) is 4.74 Å². The van der Waals surface area contributed by atoms with Crippen LogP contribution in [0.1, 0.15) is 16.8 Å². The molecule has 0 radical (unpaired) electrons. The third-order valence-electron chi connectivity index (χ3n) is 2.97. The van der Waals surface area contributed by atoms with E-state index in [9.17, 15) is 15.2 Å². The van der Waals surface area contributed by atoms with Crippen molar-refractivity contribution in [1.82, 2.24) is 9.78 Å². The minimum atomic E-state index is -0.503. The molecule has 0 aliphatic carbocycles. The predicted molar refractivity (Wildman–Crippen MR) is 71.8 cm³/mol. The summed E-state index contributed by atoms with van der Waals surface area (Å²) in [6, 6.07) is 4.63. The second-order valence-corrected chi connectivity index (χ2v) is 4.48. The number of rotatable bonds is 4. The molecule has 2 aromatic rings. The standard InChI is InChI=1S/C13H15N3O4/c1-8-4-5-11(16(18)19)12(6-8)20-13-10(7-17)9(2)14-15(13)3/h4-6,17H,7H2,1-3H3. The van der Waals surface area contributed by atoms with Crippen molar-refractivity contribution < 1.29 is 14.8 Å². The molecule has 0 fully saturated rings. The lowest BCUT2D eigenvalue weighted by Crippen LogP contribution is -2.00. The van der Waals surface area contributed by atoms with E-state index in [2.05, 4.69) is 5.10 Å². The molecule has 0 unspecified atom stereocenters. The molecule has 1 aromatic heterocycles. The first kappa shape index (κ1) is 14.0. The average Bonchev–Trinajstić information content (AvgIpc) is 2.63. The van der Waals surface area contributed by atoms with Crippen molar-refractivity contribution in [2.45, 2.75) is 20.5 Å². The Balaban J connectivity index is 2.49. The largest absolute Gasteiger partial charge is 0.432 e. The van der Waals surface area contributed by atoms with Crippen LogP contribution in [-0.2, 0) is 13.7 Å². The Morgan fingerprint density at radius 3 is 2.75 bits per heavy atom. The van der Waals surface area contributed by atoms with Gasteiger partial charge in [0.2, 0.25) is 11.6 Å². The summed E-state index contributed by atoms with van der Waals surface area (Å²) < 4.78 is 7.08. The van der Waals surface area contributed by atoms with Crippen LogP contribution in [0, 0.1) is 24.0 Å². The Hall–Kier alpha value is -2.41. The number of hydrogen-bond donors (Lipinski definition) is 1. The zero-order valence-corrected chi connectivity index (χ0v) is 11.5. The van der Waals surface area contributed by atoms with Crippen molar-refractivity contribution in [2.24, 2.45) is 7.05 Å². The number of aliphatic hydroxyl groups is 1. The van der Waals surface area contributed by atoms with Gasteiger partial charge in [-0.2, -0.15) is 5.10 Å². The van der Waals surface area contributed by atoms with E-state index in [0.29, 0.717) is 17.1 Å². The second kappa shape index (κ2) is 5.30. The van der Waals surface area contributed by atoms with Crippen LogP contribution >= 0.6 is 0 Å². The Labute approximate surface area is 115 Å². The van der Waals surface area contributed by atoms with Gasteiger partial charge < -0.3 is 9.84 Å². The van der Waals surface area contributed by atoms with E-state index in [1.54, 1.807) is 26.1 Å². The molecule has 1 heterocycles. The van der Waals surface area contributed by atoms with Crippen LogP contribution in [0.3, 0.4) is 0 Å². The molecular formula is C13H15N3O4. The smallest absolute Gasteiger partial charge is 0.311 e. The summed E-state index contributed by atoms with van der Waals surface area (Å²) in [5.41, 5.74) is 1.86. The molecule has 0 spiro atoms. The third kappa shape index (κ3) is 2.48. The maximum absolute atomic E-state index is 11.0. The van der Waals surface area contributed by atoms with Crippen LogP contribution < -0.4 is 4.74 Å². The van der Waals surface area contributed by atoms with Crippen LogP contribution in [0.4, 0.5) is 5.69 Å². The Kier molecular flexibility index (Phi) is 3.71. The van der Waals surface area contributed by atoms with Crippen molar-refractivity contribution in [3.8, 4) is 11.6 Å². The van der Waals surface area contributed by atoms with Gasteiger partial charge in [-0.1, -0.05) is 6.07 Å². The lowest BCUT2D eigenvalue weighted by molar-refractivity contribution is -0.385. The Morgan fingerprint density at radius 1 is 1.45 bits per heavy atom. The van der Waals surface area contributed by atoms with Gasteiger partial charge in [-0.05, 0) is 25.5 Å². The highest BCUT2D eigenvalue weighted by Crippen LogP contribution is 2.34. The van der Waals surface area contributed by atoms with Crippen LogP contribution in [0.2, 0.25) is 0 Å². The highest BCUT2D eigenvalue weighted by molar-refractivity contribution is 5.50. The maximum atomic E-state index is 11.0. The zero-order chi connectivity index (χ0) is 14.9. The quantitative estimate of drug-likeness (QED) is 0.683. The van der Waals surface area contributed by atoms with Gasteiger partial charge in [-0.25, -0.2) is 4.68 Å². The number of aromatic nitrogens is 2. The predicted octanol–water partition coefficient (Wildman–Crippen LogP) is 2.23. The number of aryl methyl sites for hydroxylation is 3. The van der Waals surface area contributed by atoms with Crippen molar-refractivity contribution in [2.75, 3.05) is 0 Å². The van der Waals surface area contributed by atoms with E-state index < -0.39 is 4.92 Å². The monoisotopic (exact) mass is 277 g/mol. The summed E-state index contributed by atoms with van der Waals surface area (Å²) in [5, 5.41) is 24.5. The van der Waals surface area contributed by atoms with Gasteiger partial charge in [-0.3, -0.25) is 10.1 Å². The summed E-state index contributed by atoms with van der Waals surface area (Å²) in [6.07, 6.45) is 0. The fraction of sp³-hybridized carbons (Fsp3) is 0.308. The molecule has 0 atom stereocenters. The van der Waals surface area contributed by atoms with E-state index >= 15 is 0 Å². The van der Waals surface area contributed by atoms with Gasteiger partial charge >= 0.3 is 5.69 Å². The topological polar surface area (TPSA) is 90.4 Å². The van der Waals surface area contributed by atoms with E-state index in [1.807, 2.05) is 6.92 Å². The Bertz CT molecular complexity index is 664. The number of nitrogens with zero attached hydrogens (tertiary/aromatic N) is 3. The molecule has 0 saturated heterocycles. The van der Waals surface area contributed by atoms with Gasteiger partial charge in [0.15, 0.2) is 0 Å². The van der Waals surface area contributed by atoms with Gasteiger partial charge in [-0.15, -0.1) is 0 Å². The summed E-state index contributed by atoms with van der Waals surface area (Å²) >= 11 is 0. The molecule has 0 amide bonds. The molecule has 0 bridgehead atoms. The first-order valence-electron chi connectivity index (χ1n) is 6.00. The first-order valence-corrected chi connectivity index (χ1v) is 6.00. The highest BCUT2D eigenvalue weighted by Gasteiger charge is 2.20. The van der Waals surface area contributed by atoms with Gasteiger partial charge in [0.05, 0.1) is 22.8 Å². The van der Waals surface area contributed by atoms with Gasteiger partial charge in [0, 0.05) is 13.1 Å². The molecule has 0 aliphatic heterocycles. The van der Waals surface area contributed by atoms with Crippen LogP contribution in [0.15, 0.2) is 18.2 Å². The van der Waals surface area contributed by atoms with Crippen LogP contribution in [0.5, 0.6) is 11.6 Å². The molecule has 106 valence electrons. The number of aliphatic hydroxyl groups excluding tert-OH is 1. The van der Waals surface area contributed by atoms with Crippen molar-refractivity contribution >= 4 is 5.69 Å². The van der Waals surface area contributed by atoms with Crippen LogP contribution in [-0.4, -0.2) is 19.8 Å². The molecule has 0 aliphatic rings. The minimum absolute atomic E-state index is 0.127. The minimum Gasteiger partial charge on any atom is -0.432 e. The lowest BCUT2D eigenvalue weighted by Gasteiger charge is -2.08. The van der Waals surface area contributed by atoms with E-state index in [-0.39, 0.29) is 18.0 Å². The third-order valence-corrected chi connectivity index (χ3v) is 2.97. The zero-order valence-electron chi connectivity index (χ0n) is 11.5.